The predicted molar refractivity (Wildman–Crippen MR) is 59.0 cm³/mol. The molecule has 0 saturated heterocycles. The van der Waals surface area contributed by atoms with E-state index in [9.17, 15) is 13.2 Å². The number of fused-ring (bicyclic) bond motifs is 3. The van der Waals surface area contributed by atoms with Crippen LogP contribution in [-0.2, 0) is 0 Å². The zero-order valence-corrected chi connectivity index (χ0v) is 8.52. The average Bonchev–Trinajstić information content (AvgIpc) is 2.33. The first-order valence-electron chi connectivity index (χ1n) is 4.96. The molecule has 0 nitrogen and oxygen atoms in total. The minimum atomic E-state index is -1.03. The summed E-state index contributed by atoms with van der Waals surface area (Å²) in [6.07, 6.45) is 0. The Kier molecular flexibility index (Phi) is 2.08. The van der Waals surface area contributed by atoms with Crippen molar-refractivity contribution in [3.63, 3.8) is 0 Å². The molecule has 0 fully saturated rings. The molecule has 0 N–H and O–H groups in total. The molecule has 3 rings (SSSR count). The zero-order chi connectivity index (χ0) is 12.0. The fourth-order valence-electron chi connectivity index (χ4n) is 1.92. The minimum absolute atomic E-state index is 0.124. The monoisotopic (exact) mass is 230 g/mol. The third-order valence-corrected chi connectivity index (χ3v) is 2.73. The molecule has 82 valence electrons. The summed E-state index contributed by atoms with van der Waals surface area (Å²) in [5.41, 5.74) is 0. The highest BCUT2D eigenvalue weighted by Gasteiger charge is 2.09. The first-order valence-corrected chi connectivity index (χ1v) is 4.96. The van der Waals surface area contributed by atoms with Crippen LogP contribution in [0.2, 0.25) is 0 Å². The van der Waals surface area contributed by atoms with Gasteiger partial charge in [-0.3, -0.25) is 0 Å². The Bertz CT molecular complexity index is 732. The first-order chi connectivity index (χ1) is 8.16. The Labute approximate surface area is 95.3 Å². The Morgan fingerprint density at radius 3 is 2.47 bits per heavy atom. The van der Waals surface area contributed by atoms with Crippen molar-refractivity contribution in [2.45, 2.75) is 0 Å². The van der Waals surface area contributed by atoms with Crippen molar-refractivity contribution < 1.29 is 13.2 Å². The lowest BCUT2D eigenvalue weighted by Crippen LogP contribution is -1.88. The maximum absolute atomic E-state index is 13.5. The Morgan fingerprint density at radius 1 is 0.824 bits per heavy atom. The second-order valence-electron chi connectivity index (χ2n) is 3.73. The predicted octanol–water partition coefficient (Wildman–Crippen LogP) is 4.01. The molecule has 0 unspecified atom stereocenters. The Hall–Kier alpha value is -2.03. The molecule has 0 bridgehead atoms. The smallest absolute Gasteiger partial charge is 0.167 e. The maximum atomic E-state index is 13.5. The van der Waals surface area contributed by atoms with Crippen LogP contribution in [0.3, 0.4) is 0 Å². The van der Waals surface area contributed by atoms with Crippen molar-refractivity contribution in [2.24, 2.45) is 0 Å². The summed E-state index contributed by atoms with van der Waals surface area (Å²) in [5, 5.41) is 1.81. The molecule has 2 radical (unpaired) electrons. The highest BCUT2D eigenvalue weighted by Crippen LogP contribution is 2.28. The molecule has 0 aliphatic heterocycles. The number of benzene rings is 3. The van der Waals surface area contributed by atoms with E-state index in [4.69, 9.17) is 0 Å². The van der Waals surface area contributed by atoms with E-state index in [-0.39, 0.29) is 5.39 Å². The maximum Gasteiger partial charge on any atom is 0.167 e. The Balaban J connectivity index is 2.56. The summed E-state index contributed by atoms with van der Waals surface area (Å²) in [7, 11) is 0. The van der Waals surface area contributed by atoms with E-state index < -0.39 is 17.5 Å². The molecular weight excluding hydrogens is 225 g/mol. The molecular formula is C14H5F3. The topological polar surface area (TPSA) is 0 Å². The van der Waals surface area contributed by atoms with Crippen molar-refractivity contribution in [3.8, 4) is 0 Å². The fraction of sp³-hybridized carbons (Fsp3) is 0. The van der Waals surface area contributed by atoms with Crippen molar-refractivity contribution in [3.05, 3.63) is 59.9 Å². The van der Waals surface area contributed by atoms with Gasteiger partial charge in [-0.1, -0.05) is 12.1 Å². The van der Waals surface area contributed by atoms with Crippen molar-refractivity contribution in [1.29, 1.82) is 0 Å². The lowest BCUT2D eigenvalue weighted by molar-refractivity contribution is 0.515. The number of hydrogen-bond acceptors (Lipinski definition) is 0. The molecule has 0 heterocycles. The third kappa shape index (κ3) is 1.46. The molecule has 0 aliphatic carbocycles. The summed E-state index contributed by atoms with van der Waals surface area (Å²) in [6.45, 7) is 0. The van der Waals surface area contributed by atoms with Crippen LogP contribution in [0.1, 0.15) is 0 Å². The van der Waals surface area contributed by atoms with E-state index in [0.717, 1.165) is 5.39 Å². The van der Waals surface area contributed by atoms with Gasteiger partial charge in [0.05, 0.1) is 0 Å². The molecule has 0 aliphatic rings. The normalized spacial score (nSPS) is 11.2. The molecule has 17 heavy (non-hydrogen) atoms. The van der Waals surface area contributed by atoms with Gasteiger partial charge >= 0.3 is 0 Å². The quantitative estimate of drug-likeness (QED) is 0.512. The third-order valence-electron chi connectivity index (χ3n) is 2.73. The van der Waals surface area contributed by atoms with Gasteiger partial charge in [0.2, 0.25) is 0 Å². The summed E-state index contributed by atoms with van der Waals surface area (Å²) < 4.78 is 39.6. The largest absolute Gasteiger partial charge is 0.206 e. The van der Waals surface area contributed by atoms with Crippen LogP contribution < -0.4 is 0 Å². The zero-order valence-electron chi connectivity index (χ0n) is 8.52. The molecule has 3 heteroatoms. The first kappa shape index (κ1) is 10.1. The van der Waals surface area contributed by atoms with Crippen LogP contribution in [-0.4, -0.2) is 0 Å². The van der Waals surface area contributed by atoms with Crippen molar-refractivity contribution in [2.75, 3.05) is 0 Å². The number of rotatable bonds is 0. The van der Waals surface area contributed by atoms with Crippen LogP contribution in [0.15, 0.2) is 30.3 Å². The highest BCUT2D eigenvalue weighted by molar-refractivity contribution is 6.07. The van der Waals surface area contributed by atoms with E-state index >= 15 is 0 Å². The second kappa shape index (κ2) is 3.48. The van der Waals surface area contributed by atoms with E-state index in [1.54, 1.807) is 6.07 Å². The highest BCUT2D eigenvalue weighted by atomic mass is 19.2. The molecule has 0 saturated carbocycles. The van der Waals surface area contributed by atoms with E-state index in [1.807, 2.05) is 0 Å². The number of hydrogen-bond donors (Lipinski definition) is 0. The lowest BCUT2D eigenvalue weighted by atomic mass is 10.0. The van der Waals surface area contributed by atoms with Crippen LogP contribution in [0, 0.1) is 29.6 Å². The van der Waals surface area contributed by atoms with Gasteiger partial charge in [-0.2, -0.15) is 0 Å². The van der Waals surface area contributed by atoms with Gasteiger partial charge < -0.3 is 0 Å². The summed E-state index contributed by atoms with van der Waals surface area (Å²) >= 11 is 0. The van der Waals surface area contributed by atoms with E-state index in [1.165, 1.54) is 24.3 Å². The summed E-state index contributed by atoms with van der Waals surface area (Å²) in [6, 6.07) is 11.7. The van der Waals surface area contributed by atoms with Crippen molar-refractivity contribution >= 4 is 21.5 Å². The Morgan fingerprint density at radius 2 is 1.65 bits per heavy atom. The molecule has 0 aromatic heterocycles. The van der Waals surface area contributed by atoms with Gasteiger partial charge in [0.15, 0.2) is 11.6 Å². The molecule has 0 spiro atoms. The van der Waals surface area contributed by atoms with Gasteiger partial charge in [0.25, 0.3) is 0 Å². The van der Waals surface area contributed by atoms with Crippen molar-refractivity contribution in [1.82, 2.24) is 0 Å². The SMILES string of the molecule is Fc1[c]cc2ccc3c(F)c(F)[c]cc3c2c1. The van der Waals surface area contributed by atoms with Gasteiger partial charge in [-0.25, -0.2) is 13.2 Å². The van der Waals surface area contributed by atoms with Gasteiger partial charge in [-0.05, 0) is 34.4 Å². The van der Waals surface area contributed by atoms with Gasteiger partial charge in [0, 0.05) is 17.5 Å². The molecule has 0 amide bonds. The van der Waals surface area contributed by atoms with Crippen LogP contribution in [0.5, 0.6) is 0 Å². The standard InChI is InChI=1S/C14H5F3/c15-9-3-1-8-2-4-11-10(12(8)7-9)5-6-13(16)14(11)17/h1-2,4-5,7H. The molecule has 3 aromatic carbocycles. The fourth-order valence-corrected chi connectivity index (χ4v) is 1.92. The molecule has 0 atom stereocenters. The van der Waals surface area contributed by atoms with Gasteiger partial charge in [-0.15, -0.1) is 0 Å². The van der Waals surface area contributed by atoms with Crippen LogP contribution in [0.25, 0.3) is 21.5 Å². The second-order valence-corrected chi connectivity index (χ2v) is 3.73. The number of halogens is 3. The minimum Gasteiger partial charge on any atom is -0.206 e. The lowest BCUT2D eigenvalue weighted by Gasteiger charge is -2.05. The van der Waals surface area contributed by atoms with E-state index in [2.05, 4.69) is 12.1 Å². The average molecular weight is 230 g/mol. The van der Waals surface area contributed by atoms with Gasteiger partial charge in [0.1, 0.15) is 5.82 Å². The van der Waals surface area contributed by atoms with Crippen LogP contribution >= 0.6 is 0 Å². The summed E-state index contributed by atoms with van der Waals surface area (Å²) in [5.74, 6) is -2.52. The molecule has 3 aromatic rings. The summed E-state index contributed by atoms with van der Waals surface area (Å²) in [4.78, 5) is 0. The van der Waals surface area contributed by atoms with E-state index in [0.29, 0.717) is 10.8 Å². The van der Waals surface area contributed by atoms with Crippen LogP contribution in [0.4, 0.5) is 13.2 Å².